The molecule has 80 valence electrons. The minimum absolute atomic E-state index is 0.0540. The molecule has 0 aliphatic heterocycles. The summed E-state index contributed by atoms with van der Waals surface area (Å²) in [5.74, 6) is 0.226. The largest absolute Gasteiger partial charge is 0.503 e. The van der Waals surface area contributed by atoms with Crippen molar-refractivity contribution in [1.82, 2.24) is 0 Å². The maximum Gasteiger partial charge on any atom is 0.216 e. The average molecular weight is 206 g/mol. The number of allylic oxidation sites excluding steroid dienone is 1. The normalized spacial score (nSPS) is 11.9. The molecule has 1 heterocycles. The lowest BCUT2D eigenvalue weighted by atomic mass is 9.91. The summed E-state index contributed by atoms with van der Waals surface area (Å²) in [6.45, 7) is 5.60. The Labute approximate surface area is 89.7 Å². The second-order valence-electron chi connectivity index (χ2n) is 4.44. The Bertz CT molecular complexity index is 389. The van der Waals surface area contributed by atoms with Gasteiger partial charge in [-0.15, -0.1) is 0 Å². The molecule has 1 rings (SSSR count). The molecule has 0 fully saturated rings. The summed E-state index contributed by atoms with van der Waals surface area (Å²) in [6, 6.07) is 3.29. The van der Waals surface area contributed by atoms with E-state index < -0.39 is 0 Å². The summed E-state index contributed by atoms with van der Waals surface area (Å²) in [5, 5.41) is 9.20. The van der Waals surface area contributed by atoms with Crippen molar-refractivity contribution in [2.24, 2.45) is 5.41 Å². The molecule has 0 saturated heterocycles. The van der Waals surface area contributed by atoms with Crippen molar-refractivity contribution in [1.29, 1.82) is 0 Å². The predicted octanol–water partition coefficient (Wildman–Crippen LogP) is 1.77. The van der Waals surface area contributed by atoms with E-state index in [0.29, 0.717) is 0 Å². The molecule has 0 aliphatic carbocycles. The molecule has 15 heavy (non-hydrogen) atoms. The van der Waals surface area contributed by atoms with Crippen LogP contribution in [-0.4, -0.2) is 10.9 Å². The van der Waals surface area contributed by atoms with E-state index in [2.05, 4.69) is 0 Å². The summed E-state index contributed by atoms with van der Waals surface area (Å²) in [5.41, 5.74) is -0.367. The number of carbonyl (C=O) groups excluding carboxylic acids is 1. The zero-order valence-corrected chi connectivity index (χ0v) is 9.27. The highest BCUT2D eigenvalue weighted by Gasteiger charge is 2.18. The zero-order valence-electron chi connectivity index (χ0n) is 9.27. The van der Waals surface area contributed by atoms with Crippen LogP contribution in [0.25, 0.3) is 6.20 Å². The van der Waals surface area contributed by atoms with Gasteiger partial charge < -0.3 is 5.11 Å². The third-order valence-corrected chi connectivity index (χ3v) is 1.94. The standard InChI is InChI=1S/C12H15NO2/c1-12(2,3)11(15)6-8-13-7-4-5-10(14)9-13/h4-9H,1-3H3/p+1/b8-6+. The van der Waals surface area contributed by atoms with Crippen LogP contribution >= 0.6 is 0 Å². The second-order valence-corrected chi connectivity index (χ2v) is 4.44. The lowest BCUT2D eigenvalue weighted by molar-refractivity contribution is -0.568. The monoisotopic (exact) mass is 206 g/mol. The summed E-state index contributed by atoms with van der Waals surface area (Å²) in [7, 11) is 0. The zero-order chi connectivity index (χ0) is 11.5. The first-order valence-corrected chi connectivity index (χ1v) is 4.82. The first-order valence-electron chi connectivity index (χ1n) is 4.82. The van der Waals surface area contributed by atoms with Gasteiger partial charge in [0.2, 0.25) is 6.20 Å². The minimum Gasteiger partial charge on any atom is -0.503 e. The van der Waals surface area contributed by atoms with Crippen molar-refractivity contribution in [2.75, 3.05) is 0 Å². The summed E-state index contributed by atoms with van der Waals surface area (Å²) >= 11 is 0. The molecule has 3 heteroatoms. The van der Waals surface area contributed by atoms with Gasteiger partial charge in [0.05, 0.1) is 0 Å². The maximum atomic E-state index is 11.6. The number of hydrogen-bond donors (Lipinski definition) is 1. The molecular weight excluding hydrogens is 190 g/mol. The summed E-state index contributed by atoms with van der Waals surface area (Å²) in [6.07, 6.45) is 6.44. The predicted molar refractivity (Wildman–Crippen MR) is 58.1 cm³/mol. The molecule has 0 radical (unpaired) electrons. The van der Waals surface area contributed by atoms with Gasteiger partial charge in [-0.2, -0.15) is 4.57 Å². The molecule has 1 aromatic heterocycles. The van der Waals surface area contributed by atoms with E-state index in [1.807, 2.05) is 20.8 Å². The van der Waals surface area contributed by atoms with Crippen LogP contribution in [-0.2, 0) is 4.79 Å². The fraction of sp³-hybridized carbons (Fsp3) is 0.333. The van der Waals surface area contributed by atoms with Crippen molar-refractivity contribution in [3.8, 4) is 5.75 Å². The van der Waals surface area contributed by atoms with Crippen molar-refractivity contribution < 1.29 is 14.5 Å². The van der Waals surface area contributed by atoms with Crippen molar-refractivity contribution in [3.05, 3.63) is 30.6 Å². The number of hydrogen-bond acceptors (Lipinski definition) is 2. The summed E-state index contributed by atoms with van der Waals surface area (Å²) in [4.78, 5) is 11.6. The number of aromatic nitrogens is 1. The van der Waals surface area contributed by atoms with E-state index in [9.17, 15) is 9.90 Å². The fourth-order valence-electron chi connectivity index (χ4n) is 0.976. The van der Waals surface area contributed by atoms with Crippen molar-refractivity contribution in [2.45, 2.75) is 20.8 Å². The van der Waals surface area contributed by atoms with E-state index in [4.69, 9.17) is 0 Å². The van der Waals surface area contributed by atoms with Gasteiger partial charge >= 0.3 is 0 Å². The van der Waals surface area contributed by atoms with Crippen LogP contribution in [0.3, 0.4) is 0 Å². The van der Waals surface area contributed by atoms with Crippen molar-refractivity contribution >= 4 is 12.0 Å². The van der Waals surface area contributed by atoms with Gasteiger partial charge in [-0.25, -0.2) is 0 Å². The minimum atomic E-state index is -0.367. The highest BCUT2D eigenvalue weighted by atomic mass is 16.3. The van der Waals surface area contributed by atoms with Crippen LogP contribution < -0.4 is 4.57 Å². The van der Waals surface area contributed by atoms with Crippen LogP contribution in [0.1, 0.15) is 20.8 Å². The molecule has 0 unspecified atom stereocenters. The molecule has 0 bridgehead atoms. The quantitative estimate of drug-likeness (QED) is 0.591. The molecule has 1 N–H and O–H groups in total. The molecule has 0 spiro atoms. The number of pyridine rings is 1. The highest BCUT2D eigenvalue weighted by Crippen LogP contribution is 2.14. The van der Waals surface area contributed by atoms with Gasteiger partial charge in [0, 0.05) is 17.6 Å². The van der Waals surface area contributed by atoms with Crippen LogP contribution in [0.5, 0.6) is 5.75 Å². The number of aromatic hydroxyl groups is 1. The Hall–Kier alpha value is -1.64. The van der Waals surface area contributed by atoms with Gasteiger partial charge in [0.1, 0.15) is 0 Å². The Balaban J connectivity index is 2.79. The van der Waals surface area contributed by atoms with Crippen LogP contribution in [0, 0.1) is 5.41 Å². The number of carbonyl (C=O) groups is 1. The number of ketones is 1. The van der Waals surface area contributed by atoms with Crippen LogP contribution in [0.15, 0.2) is 30.6 Å². The van der Waals surface area contributed by atoms with Gasteiger partial charge in [-0.1, -0.05) is 20.8 Å². The SMILES string of the molecule is CC(C)(C)C(=O)/C=C/[n+]1cccc(O)c1. The van der Waals surface area contributed by atoms with E-state index in [1.165, 1.54) is 12.3 Å². The molecule has 0 atom stereocenters. The molecule has 0 amide bonds. The second kappa shape index (κ2) is 4.26. The van der Waals surface area contributed by atoms with Gasteiger partial charge in [-0.3, -0.25) is 4.79 Å². The molecule has 1 aromatic rings. The number of rotatable bonds is 2. The van der Waals surface area contributed by atoms with E-state index in [-0.39, 0.29) is 16.9 Å². The molecule has 0 aromatic carbocycles. The third kappa shape index (κ3) is 3.54. The molecule has 3 nitrogen and oxygen atoms in total. The number of nitrogens with zero attached hydrogens (tertiary/aromatic N) is 1. The Kier molecular flexibility index (Phi) is 3.24. The first kappa shape index (κ1) is 11.4. The third-order valence-electron chi connectivity index (χ3n) is 1.94. The Morgan fingerprint density at radius 2 is 2.13 bits per heavy atom. The molecular formula is C12H16NO2+. The topological polar surface area (TPSA) is 41.2 Å². The summed E-state index contributed by atoms with van der Waals surface area (Å²) < 4.78 is 1.64. The smallest absolute Gasteiger partial charge is 0.216 e. The van der Waals surface area contributed by atoms with E-state index in [1.54, 1.807) is 29.1 Å². The lowest BCUT2D eigenvalue weighted by Crippen LogP contribution is -2.26. The van der Waals surface area contributed by atoms with E-state index in [0.717, 1.165) is 0 Å². The van der Waals surface area contributed by atoms with Crippen LogP contribution in [0.4, 0.5) is 0 Å². The maximum absolute atomic E-state index is 11.6. The van der Waals surface area contributed by atoms with Crippen molar-refractivity contribution in [3.63, 3.8) is 0 Å². The van der Waals surface area contributed by atoms with Crippen LogP contribution in [0.2, 0.25) is 0 Å². The fourth-order valence-corrected chi connectivity index (χ4v) is 0.976. The Morgan fingerprint density at radius 3 is 2.67 bits per heavy atom. The molecule has 0 aliphatic rings. The lowest BCUT2D eigenvalue weighted by Gasteiger charge is -2.11. The van der Waals surface area contributed by atoms with E-state index >= 15 is 0 Å². The van der Waals surface area contributed by atoms with Gasteiger partial charge in [0.25, 0.3) is 0 Å². The average Bonchev–Trinajstić information content (AvgIpc) is 2.12. The first-order chi connectivity index (χ1) is 6.89. The highest BCUT2D eigenvalue weighted by molar-refractivity contribution is 5.95. The Morgan fingerprint density at radius 1 is 1.47 bits per heavy atom. The van der Waals surface area contributed by atoms with Gasteiger partial charge in [-0.05, 0) is 6.07 Å². The molecule has 0 saturated carbocycles. The van der Waals surface area contributed by atoms with Gasteiger partial charge in [0.15, 0.2) is 23.9 Å².